The molecule has 134 valence electrons. The second-order valence-electron chi connectivity index (χ2n) is 6.46. The van der Waals surface area contributed by atoms with Crippen molar-refractivity contribution in [1.29, 1.82) is 0 Å². The van der Waals surface area contributed by atoms with Gasteiger partial charge < -0.3 is 14.6 Å². The van der Waals surface area contributed by atoms with Crippen LogP contribution in [-0.4, -0.2) is 24.4 Å². The van der Waals surface area contributed by atoms with E-state index >= 15 is 0 Å². The Morgan fingerprint density at radius 3 is 2.68 bits per heavy atom. The molecular formula is C21H25ClO3. The van der Waals surface area contributed by atoms with Gasteiger partial charge in [0, 0.05) is 5.02 Å². The number of benzene rings is 2. The quantitative estimate of drug-likeness (QED) is 0.793. The third-order valence-corrected chi connectivity index (χ3v) is 4.99. The second-order valence-corrected chi connectivity index (χ2v) is 6.87. The highest BCUT2D eigenvalue weighted by Crippen LogP contribution is 2.33. The van der Waals surface area contributed by atoms with Crippen molar-refractivity contribution in [2.75, 3.05) is 13.2 Å². The molecule has 0 aromatic heterocycles. The average Bonchev–Trinajstić information content (AvgIpc) is 2.65. The average molecular weight is 361 g/mol. The van der Waals surface area contributed by atoms with E-state index < -0.39 is 0 Å². The molecule has 1 fully saturated rings. The zero-order chi connectivity index (χ0) is 17.6. The highest BCUT2D eigenvalue weighted by molar-refractivity contribution is 6.31. The minimum atomic E-state index is -0.0519. The Hall–Kier alpha value is -1.55. The summed E-state index contributed by atoms with van der Waals surface area (Å²) in [6.07, 6.45) is 3.76. The van der Waals surface area contributed by atoms with Crippen molar-refractivity contribution in [3.05, 3.63) is 64.2 Å². The van der Waals surface area contributed by atoms with Crippen molar-refractivity contribution >= 4 is 11.6 Å². The van der Waals surface area contributed by atoms with Crippen LogP contribution in [-0.2, 0) is 11.2 Å². The molecule has 0 saturated carbocycles. The molecule has 0 aliphatic carbocycles. The van der Waals surface area contributed by atoms with Gasteiger partial charge in [0.1, 0.15) is 5.75 Å². The Morgan fingerprint density at radius 1 is 1.16 bits per heavy atom. The van der Waals surface area contributed by atoms with Crippen LogP contribution < -0.4 is 4.74 Å². The van der Waals surface area contributed by atoms with Crippen LogP contribution in [0.4, 0.5) is 0 Å². The van der Waals surface area contributed by atoms with Crippen LogP contribution in [0.1, 0.15) is 49.0 Å². The topological polar surface area (TPSA) is 38.7 Å². The van der Waals surface area contributed by atoms with Gasteiger partial charge >= 0.3 is 0 Å². The number of hydrogen-bond donors (Lipinski definition) is 1. The van der Waals surface area contributed by atoms with Gasteiger partial charge in [0.05, 0.1) is 25.4 Å². The van der Waals surface area contributed by atoms with Crippen molar-refractivity contribution in [2.24, 2.45) is 0 Å². The summed E-state index contributed by atoms with van der Waals surface area (Å²) < 4.78 is 11.5. The SMILES string of the molecule is CCOc1ccc(Cc2cc([C@@H]3CCC[C@H](CO)O3)ccc2Cl)cc1. The molecule has 3 nitrogen and oxygen atoms in total. The summed E-state index contributed by atoms with van der Waals surface area (Å²) in [4.78, 5) is 0. The molecule has 3 rings (SSSR count). The van der Waals surface area contributed by atoms with E-state index in [9.17, 15) is 5.11 Å². The van der Waals surface area contributed by atoms with E-state index in [1.807, 2.05) is 31.2 Å². The summed E-state index contributed by atoms with van der Waals surface area (Å²) >= 11 is 6.42. The van der Waals surface area contributed by atoms with Gasteiger partial charge in [0.15, 0.2) is 0 Å². The van der Waals surface area contributed by atoms with Crippen molar-refractivity contribution in [1.82, 2.24) is 0 Å². The highest BCUT2D eigenvalue weighted by Gasteiger charge is 2.23. The predicted molar refractivity (Wildman–Crippen MR) is 100 cm³/mol. The lowest BCUT2D eigenvalue weighted by Crippen LogP contribution is -2.25. The zero-order valence-electron chi connectivity index (χ0n) is 14.6. The Morgan fingerprint density at radius 2 is 1.96 bits per heavy atom. The lowest BCUT2D eigenvalue weighted by molar-refractivity contribution is -0.0737. The van der Waals surface area contributed by atoms with E-state index in [4.69, 9.17) is 21.1 Å². The van der Waals surface area contributed by atoms with E-state index in [1.54, 1.807) is 0 Å². The van der Waals surface area contributed by atoms with Crippen molar-refractivity contribution in [3.63, 3.8) is 0 Å². The van der Waals surface area contributed by atoms with Gasteiger partial charge in [-0.15, -0.1) is 0 Å². The van der Waals surface area contributed by atoms with Gasteiger partial charge in [-0.05, 0) is 67.5 Å². The minimum absolute atomic E-state index is 0.0437. The molecule has 25 heavy (non-hydrogen) atoms. The zero-order valence-corrected chi connectivity index (χ0v) is 15.3. The van der Waals surface area contributed by atoms with Crippen LogP contribution in [0, 0.1) is 0 Å². The first-order valence-corrected chi connectivity index (χ1v) is 9.33. The molecule has 1 aliphatic heterocycles. The fourth-order valence-corrected chi connectivity index (χ4v) is 3.48. The Labute approximate surface area is 154 Å². The monoisotopic (exact) mass is 360 g/mol. The molecule has 0 unspecified atom stereocenters. The minimum Gasteiger partial charge on any atom is -0.494 e. The summed E-state index contributed by atoms with van der Waals surface area (Å²) in [6.45, 7) is 2.74. The summed E-state index contributed by atoms with van der Waals surface area (Å²) in [5.41, 5.74) is 3.43. The number of hydrogen-bond acceptors (Lipinski definition) is 3. The predicted octanol–water partition coefficient (Wildman–Crippen LogP) is 4.93. The van der Waals surface area contributed by atoms with E-state index in [-0.39, 0.29) is 18.8 Å². The van der Waals surface area contributed by atoms with Gasteiger partial charge in [-0.25, -0.2) is 0 Å². The number of aliphatic hydroxyl groups excluding tert-OH is 1. The molecule has 0 bridgehead atoms. The van der Waals surface area contributed by atoms with Gasteiger partial charge in [0.2, 0.25) is 0 Å². The molecule has 1 N–H and O–H groups in total. The fraction of sp³-hybridized carbons (Fsp3) is 0.429. The molecule has 2 atom stereocenters. The Bertz CT molecular complexity index is 684. The summed E-state index contributed by atoms with van der Waals surface area (Å²) in [7, 11) is 0. The smallest absolute Gasteiger partial charge is 0.119 e. The van der Waals surface area contributed by atoms with Crippen LogP contribution in [0.15, 0.2) is 42.5 Å². The van der Waals surface area contributed by atoms with E-state index in [2.05, 4.69) is 18.2 Å². The molecule has 1 aliphatic rings. The molecule has 2 aromatic carbocycles. The maximum absolute atomic E-state index is 9.35. The van der Waals surface area contributed by atoms with Crippen molar-refractivity contribution < 1.29 is 14.6 Å². The van der Waals surface area contributed by atoms with Gasteiger partial charge in [-0.3, -0.25) is 0 Å². The van der Waals surface area contributed by atoms with Crippen LogP contribution >= 0.6 is 11.6 Å². The maximum Gasteiger partial charge on any atom is 0.119 e. The van der Waals surface area contributed by atoms with Gasteiger partial charge in [-0.2, -0.15) is 0 Å². The summed E-state index contributed by atoms with van der Waals surface area (Å²) in [5, 5.41) is 10.1. The van der Waals surface area contributed by atoms with Gasteiger partial charge in [0.25, 0.3) is 0 Å². The molecular weight excluding hydrogens is 336 g/mol. The van der Waals surface area contributed by atoms with E-state index in [1.165, 1.54) is 5.56 Å². The van der Waals surface area contributed by atoms with E-state index in [0.717, 1.165) is 47.6 Å². The summed E-state index contributed by atoms with van der Waals surface area (Å²) in [6, 6.07) is 14.3. The highest BCUT2D eigenvalue weighted by atomic mass is 35.5. The molecule has 0 amide bonds. The van der Waals surface area contributed by atoms with Crippen molar-refractivity contribution in [3.8, 4) is 5.75 Å². The maximum atomic E-state index is 9.35. The largest absolute Gasteiger partial charge is 0.494 e. The van der Waals surface area contributed by atoms with Crippen LogP contribution in [0.25, 0.3) is 0 Å². The molecule has 4 heteroatoms. The number of aliphatic hydroxyl groups is 1. The van der Waals surface area contributed by atoms with Gasteiger partial charge in [-0.1, -0.05) is 35.9 Å². The lowest BCUT2D eigenvalue weighted by atomic mass is 9.95. The standard InChI is InChI=1S/C21H25ClO3/c1-2-24-18-9-6-15(7-10-18)12-17-13-16(8-11-20(17)22)21-5-3-4-19(14-23)25-21/h6-11,13,19,21,23H,2-5,12,14H2,1H3/t19-,21+/m1/s1. The normalized spacial score (nSPS) is 20.4. The number of rotatable bonds is 6. The summed E-state index contributed by atoms with van der Waals surface area (Å²) in [5.74, 6) is 0.886. The fourth-order valence-electron chi connectivity index (χ4n) is 3.30. The van der Waals surface area contributed by atoms with Crippen molar-refractivity contribution in [2.45, 2.75) is 44.8 Å². The first kappa shape index (κ1) is 18.2. The molecule has 1 heterocycles. The number of ether oxygens (including phenoxy) is 2. The van der Waals surface area contributed by atoms with Crippen LogP contribution in [0.3, 0.4) is 0 Å². The first-order valence-electron chi connectivity index (χ1n) is 8.96. The Balaban J connectivity index is 1.75. The van der Waals surface area contributed by atoms with Crippen LogP contribution in [0.5, 0.6) is 5.75 Å². The Kier molecular flexibility index (Phi) is 6.35. The third-order valence-electron chi connectivity index (χ3n) is 4.62. The molecule has 0 spiro atoms. The van der Waals surface area contributed by atoms with E-state index in [0.29, 0.717) is 6.61 Å². The molecule has 1 saturated heterocycles. The lowest BCUT2D eigenvalue weighted by Gasteiger charge is -2.29. The first-order chi connectivity index (χ1) is 12.2. The third kappa shape index (κ3) is 4.75. The van der Waals surface area contributed by atoms with Crippen LogP contribution in [0.2, 0.25) is 5.02 Å². The second kappa shape index (κ2) is 8.70. The number of halogens is 1. The molecule has 0 radical (unpaired) electrons. The molecule has 2 aromatic rings.